The molecule has 1 rings (SSSR count). The highest BCUT2D eigenvalue weighted by molar-refractivity contribution is 5.98. The van der Waals surface area contributed by atoms with Gasteiger partial charge < -0.3 is 10.5 Å². The first-order chi connectivity index (χ1) is 11.0. The van der Waals surface area contributed by atoms with E-state index in [1.807, 2.05) is 13.0 Å². The van der Waals surface area contributed by atoms with Gasteiger partial charge in [-0.05, 0) is 37.1 Å². The Morgan fingerprint density at radius 2 is 2.17 bits per heavy atom. The summed E-state index contributed by atoms with van der Waals surface area (Å²) in [6, 6.07) is 4.57. The van der Waals surface area contributed by atoms with E-state index in [0.29, 0.717) is 17.9 Å². The highest BCUT2D eigenvalue weighted by Gasteiger charge is 2.01. The zero-order chi connectivity index (χ0) is 17.2. The molecule has 0 saturated heterocycles. The van der Waals surface area contributed by atoms with Crippen LogP contribution in [-0.2, 0) is 0 Å². The average Bonchev–Trinajstić information content (AvgIpc) is 2.53. The molecule has 1 aromatic carbocycles. The molecule has 0 amide bonds. The molecule has 0 aromatic heterocycles. The summed E-state index contributed by atoms with van der Waals surface area (Å²) in [7, 11) is 1.71. The predicted octanol–water partition coefficient (Wildman–Crippen LogP) is 3.59. The highest BCUT2D eigenvalue weighted by atomic mass is 19.1. The normalized spacial score (nSPS) is 13.5. The molecule has 1 aromatic rings. The standard InChI is InChI=1S/C18H22FN3O/c1-5-13(2)10-15(21-4)12-22-9-8-18(20)23-16-7-6-14(3)17(19)11-16/h5-11H,1,12,20H2,2-4H3/b13-10-,18-8+,21-15?,22-9?. The molecule has 0 radical (unpaired) electrons. The van der Waals surface area contributed by atoms with E-state index in [-0.39, 0.29) is 11.7 Å². The van der Waals surface area contributed by atoms with Crippen LogP contribution in [0.2, 0.25) is 0 Å². The van der Waals surface area contributed by atoms with E-state index >= 15 is 0 Å². The molecule has 0 saturated carbocycles. The molecule has 0 aliphatic rings. The number of nitrogens with zero attached hydrogens (tertiary/aromatic N) is 2. The van der Waals surface area contributed by atoms with Gasteiger partial charge in [-0.3, -0.25) is 9.98 Å². The Hall–Kier alpha value is -2.69. The summed E-state index contributed by atoms with van der Waals surface area (Å²) in [5, 5.41) is 0. The molecule has 23 heavy (non-hydrogen) atoms. The molecule has 0 aliphatic heterocycles. The second kappa shape index (κ2) is 9.35. The van der Waals surface area contributed by atoms with Crippen molar-refractivity contribution in [3.05, 3.63) is 65.8 Å². The molecule has 0 unspecified atom stereocenters. The summed E-state index contributed by atoms with van der Waals surface area (Å²) in [5.74, 6) is 0.137. The fourth-order valence-corrected chi connectivity index (χ4v) is 1.58. The maximum atomic E-state index is 13.4. The quantitative estimate of drug-likeness (QED) is 0.475. The van der Waals surface area contributed by atoms with Gasteiger partial charge in [0.15, 0.2) is 5.88 Å². The third-order valence-corrected chi connectivity index (χ3v) is 2.98. The van der Waals surface area contributed by atoms with Crippen LogP contribution in [0, 0.1) is 12.7 Å². The van der Waals surface area contributed by atoms with E-state index in [1.54, 1.807) is 32.2 Å². The lowest BCUT2D eigenvalue weighted by atomic mass is 10.2. The van der Waals surface area contributed by atoms with Crippen molar-refractivity contribution in [3.8, 4) is 5.75 Å². The lowest BCUT2D eigenvalue weighted by molar-refractivity contribution is 0.417. The summed E-state index contributed by atoms with van der Waals surface area (Å²) in [6.07, 6.45) is 6.70. The Balaban J connectivity index is 2.61. The van der Waals surface area contributed by atoms with E-state index in [1.165, 1.54) is 18.4 Å². The number of nitrogens with two attached hydrogens (primary N) is 1. The fourth-order valence-electron chi connectivity index (χ4n) is 1.58. The summed E-state index contributed by atoms with van der Waals surface area (Å²) >= 11 is 0. The van der Waals surface area contributed by atoms with Crippen LogP contribution in [0.3, 0.4) is 0 Å². The number of hydrogen-bond donors (Lipinski definition) is 1. The van der Waals surface area contributed by atoms with Gasteiger partial charge in [0, 0.05) is 25.4 Å². The highest BCUT2D eigenvalue weighted by Crippen LogP contribution is 2.16. The van der Waals surface area contributed by atoms with Crippen LogP contribution in [0.25, 0.3) is 0 Å². The van der Waals surface area contributed by atoms with Crippen LogP contribution in [0.5, 0.6) is 5.75 Å². The maximum Gasteiger partial charge on any atom is 0.192 e. The van der Waals surface area contributed by atoms with E-state index in [4.69, 9.17) is 10.5 Å². The molecule has 5 heteroatoms. The van der Waals surface area contributed by atoms with Gasteiger partial charge in [0.1, 0.15) is 11.6 Å². The Kier molecular flexibility index (Phi) is 7.47. The first kappa shape index (κ1) is 18.4. The second-order valence-electron chi connectivity index (χ2n) is 4.88. The van der Waals surface area contributed by atoms with Gasteiger partial charge in [-0.2, -0.15) is 0 Å². The van der Waals surface area contributed by atoms with Crippen LogP contribution in [0.4, 0.5) is 4.39 Å². The first-order valence-electron chi connectivity index (χ1n) is 7.12. The summed E-state index contributed by atoms with van der Waals surface area (Å²) in [4.78, 5) is 8.33. The summed E-state index contributed by atoms with van der Waals surface area (Å²) in [5.41, 5.74) is 8.11. The van der Waals surface area contributed by atoms with Crippen molar-refractivity contribution < 1.29 is 9.13 Å². The van der Waals surface area contributed by atoms with Crippen LogP contribution in [0.15, 0.2) is 64.4 Å². The van der Waals surface area contributed by atoms with Crippen LogP contribution < -0.4 is 10.5 Å². The van der Waals surface area contributed by atoms with Gasteiger partial charge in [-0.15, -0.1) is 0 Å². The van der Waals surface area contributed by atoms with Crippen LogP contribution in [-0.4, -0.2) is 25.5 Å². The topological polar surface area (TPSA) is 60.0 Å². The first-order valence-corrected chi connectivity index (χ1v) is 7.12. The van der Waals surface area contributed by atoms with Crippen LogP contribution in [0.1, 0.15) is 12.5 Å². The minimum absolute atomic E-state index is 0.129. The number of hydrogen-bond acceptors (Lipinski definition) is 4. The van der Waals surface area contributed by atoms with Crippen molar-refractivity contribution in [1.82, 2.24) is 0 Å². The maximum absolute atomic E-state index is 13.4. The smallest absolute Gasteiger partial charge is 0.192 e. The number of ether oxygens (including phenoxy) is 1. The van der Waals surface area contributed by atoms with Crippen LogP contribution >= 0.6 is 0 Å². The Morgan fingerprint density at radius 1 is 1.43 bits per heavy atom. The van der Waals surface area contributed by atoms with Crippen molar-refractivity contribution in [2.75, 3.05) is 13.6 Å². The second-order valence-corrected chi connectivity index (χ2v) is 4.88. The van der Waals surface area contributed by atoms with Crippen molar-refractivity contribution in [2.45, 2.75) is 13.8 Å². The number of aryl methyl sites for hydroxylation is 1. The Labute approximate surface area is 136 Å². The fraction of sp³-hybridized carbons (Fsp3) is 0.222. The number of rotatable bonds is 7. The monoisotopic (exact) mass is 315 g/mol. The van der Waals surface area contributed by atoms with Gasteiger partial charge in [0.05, 0.1) is 12.3 Å². The van der Waals surface area contributed by atoms with Gasteiger partial charge >= 0.3 is 0 Å². The molecule has 2 N–H and O–H groups in total. The Morgan fingerprint density at radius 3 is 2.78 bits per heavy atom. The molecule has 0 bridgehead atoms. The number of halogens is 1. The molecule has 0 fully saturated rings. The average molecular weight is 315 g/mol. The minimum atomic E-state index is -0.336. The van der Waals surface area contributed by atoms with Crippen molar-refractivity contribution >= 4 is 11.9 Å². The van der Waals surface area contributed by atoms with Gasteiger partial charge in [-0.1, -0.05) is 18.7 Å². The van der Waals surface area contributed by atoms with Gasteiger partial charge in [0.25, 0.3) is 0 Å². The Bertz CT molecular complexity index is 673. The predicted molar refractivity (Wildman–Crippen MR) is 94.7 cm³/mol. The lowest BCUT2D eigenvalue weighted by Crippen LogP contribution is -2.06. The lowest BCUT2D eigenvalue weighted by Gasteiger charge is -2.05. The number of allylic oxidation sites excluding steroid dienone is 3. The summed E-state index contributed by atoms with van der Waals surface area (Å²) in [6.45, 7) is 7.73. The van der Waals surface area contributed by atoms with Gasteiger partial charge in [-0.25, -0.2) is 4.39 Å². The largest absolute Gasteiger partial charge is 0.441 e. The van der Waals surface area contributed by atoms with Crippen molar-refractivity contribution in [3.63, 3.8) is 0 Å². The van der Waals surface area contributed by atoms with Crippen molar-refractivity contribution in [1.29, 1.82) is 0 Å². The van der Waals surface area contributed by atoms with Crippen molar-refractivity contribution in [2.24, 2.45) is 15.7 Å². The van der Waals surface area contributed by atoms with E-state index in [0.717, 1.165) is 11.3 Å². The van der Waals surface area contributed by atoms with E-state index < -0.39 is 0 Å². The SMILES string of the molecule is C=C/C(C)=C\C(CN=C/C=C(\N)Oc1ccc(C)c(F)c1)=NC. The number of benzene rings is 1. The zero-order valence-corrected chi connectivity index (χ0v) is 13.7. The molecule has 0 spiro atoms. The third-order valence-electron chi connectivity index (χ3n) is 2.98. The zero-order valence-electron chi connectivity index (χ0n) is 13.7. The third kappa shape index (κ3) is 6.74. The minimum Gasteiger partial charge on any atom is -0.441 e. The van der Waals surface area contributed by atoms with E-state index in [2.05, 4.69) is 16.6 Å². The van der Waals surface area contributed by atoms with E-state index in [9.17, 15) is 4.39 Å². The molecule has 0 heterocycles. The summed E-state index contributed by atoms with van der Waals surface area (Å²) < 4.78 is 18.7. The molecule has 122 valence electrons. The molecule has 0 aliphatic carbocycles. The molecular formula is C18H22FN3O. The molecular weight excluding hydrogens is 293 g/mol. The van der Waals surface area contributed by atoms with Gasteiger partial charge in [0.2, 0.25) is 0 Å². The molecule has 4 nitrogen and oxygen atoms in total. The number of aliphatic imine (C=N–C) groups is 2. The molecule has 0 atom stereocenters.